The van der Waals surface area contributed by atoms with Crippen LogP contribution in [-0.4, -0.2) is 11.5 Å². The monoisotopic (exact) mass is 264 g/mol. The lowest BCUT2D eigenvalue weighted by molar-refractivity contribution is 0.630. The summed E-state index contributed by atoms with van der Waals surface area (Å²) in [5.41, 5.74) is 6.84. The van der Waals surface area contributed by atoms with Crippen LogP contribution < -0.4 is 5.73 Å². The molecule has 0 aliphatic rings. The minimum atomic E-state index is -0.209. The number of benzene rings is 1. The maximum atomic E-state index is 13.7. The van der Waals surface area contributed by atoms with E-state index < -0.39 is 0 Å². The van der Waals surface area contributed by atoms with Gasteiger partial charge in [-0.05, 0) is 44.9 Å². The Hall–Kier alpha value is -1.26. The molecule has 18 heavy (non-hydrogen) atoms. The van der Waals surface area contributed by atoms with E-state index in [-0.39, 0.29) is 5.82 Å². The van der Waals surface area contributed by atoms with E-state index in [1.54, 1.807) is 23.5 Å². The molecule has 2 nitrogen and oxygen atoms in total. The molecule has 1 aromatic heterocycles. The highest BCUT2D eigenvalue weighted by Gasteiger charge is 2.12. The van der Waals surface area contributed by atoms with Crippen LogP contribution in [0.15, 0.2) is 24.3 Å². The third-order valence-electron chi connectivity index (χ3n) is 2.81. The first-order valence-electron chi connectivity index (χ1n) is 6.13. The van der Waals surface area contributed by atoms with Gasteiger partial charge in [-0.1, -0.05) is 12.1 Å². The Morgan fingerprint density at radius 1 is 1.28 bits per heavy atom. The number of halogens is 1. The molecule has 96 valence electrons. The summed E-state index contributed by atoms with van der Waals surface area (Å²) in [6, 6.07) is 6.79. The van der Waals surface area contributed by atoms with Crippen molar-refractivity contribution >= 4 is 11.3 Å². The minimum absolute atomic E-state index is 0.209. The summed E-state index contributed by atoms with van der Waals surface area (Å²) in [6.45, 7) is 2.70. The molecule has 0 fully saturated rings. The lowest BCUT2D eigenvalue weighted by Gasteiger charge is -1.99. The topological polar surface area (TPSA) is 38.9 Å². The van der Waals surface area contributed by atoms with E-state index >= 15 is 0 Å². The van der Waals surface area contributed by atoms with Crippen LogP contribution in [-0.2, 0) is 6.42 Å². The molecule has 1 heterocycles. The molecular formula is C14H17FN2S. The standard InChI is InChI=1S/C14H17FN2S/c1-10-14(11-6-2-3-7-12(11)15)17-13(18-10)8-4-5-9-16/h2-3,6-7H,4-5,8-9,16H2,1H3. The summed E-state index contributed by atoms with van der Waals surface area (Å²) in [5, 5.41) is 1.07. The highest BCUT2D eigenvalue weighted by molar-refractivity contribution is 7.12. The first kappa shape index (κ1) is 13.2. The predicted molar refractivity (Wildman–Crippen MR) is 74.2 cm³/mol. The fourth-order valence-electron chi connectivity index (χ4n) is 1.88. The zero-order valence-electron chi connectivity index (χ0n) is 10.4. The van der Waals surface area contributed by atoms with E-state index in [4.69, 9.17) is 5.73 Å². The average molecular weight is 264 g/mol. The van der Waals surface area contributed by atoms with Crippen LogP contribution in [0.5, 0.6) is 0 Å². The van der Waals surface area contributed by atoms with E-state index in [0.717, 1.165) is 34.8 Å². The van der Waals surface area contributed by atoms with Gasteiger partial charge in [0.05, 0.1) is 10.7 Å². The summed E-state index contributed by atoms with van der Waals surface area (Å²) >= 11 is 1.65. The van der Waals surface area contributed by atoms with Gasteiger partial charge in [0, 0.05) is 10.4 Å². The molecule has 0 aliphatic carbocycles. The number of hydrogen-bond acceptors (Lipinski definition) is 3. The zero-order valence-corrected chi connectivity index (χ0v) is 11.3. The molecule has 0 amide bonds. The zero-order chi connectivity index (χ0) is 13.0. The van der Waals surface area contributed by atoms with Gasteiger partial charge in [-0.2, -0.15) is 0 Å². The number of nitrogens with two attached hydrogens (primary N) is 1. The third-order valence-corrected chi connectivity index (χ3v) is 3.85. The van der Waals surface area contributed by atoms with E-state index in [2.05, 4.69) is 4.98 Å². The number of aromatic nitrogens is 1. The number of aryl methyl sites for hydroxylation is 2. The van der Waals surface area contributed by atoms with Gasteiger partial charge >= 0.3 is 0 Å². The summed E-state index contributed by atoms with van der Waals surface area (Å²) in [4.78, 5) is 5.62. The fourth-order valence-corrected chi connectivity index (χ4v) is 2.87. The molecule has 0 atom stereocenters. The van der Waals surface area contributed by atoms with Crippen LogP contribution in [0.3, 0.4) is 0 Å². The van der Waals surface area contributed by atoms with Crippen molar-refractivity contribution < 1.29 is 4.39 Å². The van der Waals surface area contributed by atoms with Crippen LogP contribution >= 0.6 is 11.3 Å². The van der Waals surface area contributed by atoms with Crippen molar-refractivity contribution in [2.24, 2.45) is 5.73 Å². The van der Waals surface area contributed by atoms with Gasteiger partial charge in [-0.25, -0.2) is 9.37 Å². The molecule has 0 unspecified atom stereocenters. The predicted octanol–water partition coefficient (Wildman–Crippen LogP) is 3.54. The quantitative estimate of drug-likeness (QED) is 0.839. The normalized spacial score (nSPS) is 10.8. The van der Waals surface area contributed by atoms with Crippen molar-refractivity contribution in [2.45, 2.75) is 26.2 Å². The SMILES string of the molecule is Cc1sc(CCCCN)nc1-c1ccccc1F. The van der Waals surface area contributed by atoms with Gasteiger partial charge in [-0.15, -0.1) is 11.3 Å². The van der Waals surface area contributed by atoms with E-state index in [1.165, 1.54) is 6.07 Å². The van der Waals surface area contributed by atoms with Crippen molar-refractivity contribution in [2.75, 3.05) is 6.54 Å². The first-order chi connectivity index (χ1) is 8.72. The molecule has 2 rings (SSSR count). The Morgan fingerprint density at radius 3 is 2.78 bits per heavy atom. The van der Waals surface area contributed by atoms with Gasteiger partial charge in [0.2, 0.25) is 0 Å². The first-order valence-corrected chi connectivity index (χ1v) is 6.95. The molecule has 1 aromatic carbocycles. The van der Waals surface area contributed by atoms with Crippen LogP contribution in [0, 0.1) is 12.7 Å². The molecule has 2 aromatic rings. The number of unbranched alkanes of at least 4 members (excludes halogenated alkanes) is 1. The Morgan fingerprint density at radius 2 is 2.06 bits per heavy atom. The summed E-state index contributed by atoms with van der Waals surface area (Å²) in [5.74, 6) is -0.209. The van der Waals surface area contributed by atoms with Crippen LogP contribution in [0.4, 0.5) is 4.39 Å². The molecule has 0 saturated heterocycles. The number of nitrogens with zero attached hydrogens (tertiary/aromatic N) is 1. The van der Waals surface area contributed by atoms with Crippen molar-refractivity contribution in [1.82, 2.24) is 4.98 Å². The van der Waals surface area contributed by atoms with Gasteiger partial charge in [0.1, 0.15) is 5.82 Å². The molecule has 2 N–H and O–H groups in total. The maximum absolute atomic E-state index is 13.7. The van der Waals surface area contributed by atoms with Crippen molar-refractivity contribution in [3.8, 4) is 11.3 Å². The Kier molecular flexibility index (Phi) is 4.44. The van der Waals surface area contributed by atoms with Crippen molar-refractivity contribution in [3.63, 3.8) is 0 Å². The summed E-state index contributed by atoms with van der Waals surface area (Å²) in [7, 11) is 0. The largest absolute Gasteiger partial charge is 0.330 e. The minimum Gasteiger partial charge on any atom is -0.330 e. The molecule has 4 heteroatoms. The second-order valence-corrected chi connectivity index (χ2v) is 5.53. The Bertz CT molecular complexity index is 522. The van der Waals surface area contributed by atoms with Gasteiger partial charge < -0.3 is 5.73 Å². The van der Waals surface area contributed by atoms with E-state index in [1.807, 2.05) is 13.0 Å². The summed E-state index contributed by atoms with van der Waals surface area (Å²) < 4.78 is 13.7. The lowest BCUT2D eigenvalue weighted by Crippen LogP contribution is -1.98. The maximum Gasteiger partial charge on any atom is 0.132 e. The smallest absolute Gasteiger partial charge is 0.132 e. The lowest BCUT2D eigenvalue weighted by atomic mass is 10.1. The average Bonchev–Trinajstić information content (AvgIpc) is 2.71. The molecular weight excluding hydrogens is 247 g/mol. The highest BCUT2D eigenvalue weighted by Crippen LogP contribution is 2.29. The van der Waals surface area contributed by atoms with Crippen LogP contribution in [0.2, 0.25) is 0 Å². The van der Waals surface area contributed by atoms with Gasteiger partial charge in [0.15, 0.2) is 0 Å². The molecule has 0 saturated carbocycles. The summed E-state index contributed by atoms with van der Waals surface area (Å²) in [6.07, 6.45) is 2.98. The van der Waals surface area contributed by atoms with E-state index in [9.17, 15) is 4.39 Å². The van der Waals surface area contributed by atoms with E-state index in [0.29, 0.717) is 12.1 Å². The Balaban J connectivity index is 2.22. The van der Waals surface area contributed by atoms with Crippen LogP contribution in [0.25, 0.3) is 11.3 Å². The third kappa shape index (κ3) is 2.94. The second kappa shape index (κ2) is 6.07. The highest BCUT2D eigenvalue weighted by atomic mass is 32.1. The second-order valence-electron chi connectivity index (χ2n) is 4.24. The van der Waals surface area contributed by atoms with Crippen molar-refractivity contribution in [1.29, 1.82) is 0 Å². The van der Waals surface area contributed by atoms with Gasteiger partial charge in [0.25, 0.3) is 0 Å². The number of thiazole rings is 1. The molecule has 0 radical (unpaired) electrons. The molecule has 0 spiro atoms. The Labute approximate surface area is 111 Å². The molecule has 0 bridgehead atoms. The fraction of sp³-hybridized carbons (Fsp3) is 0.357. The number of hydrogen-bond donors (Lipinski definition) is 1. The van der Waals surface area contributed by atoms with Crippen molar-refractivity contribution in [3.05, 3.63) is 40.0 Å². The van der Waals surface area contributed by atoms with Gasteiger partial charge in [-0.3, -0.25) is 0 Å². The number of rotatable bonds is 5. The van der Waals surface area contributed by atoms with Crippen LogP contribution in [0.1, 0.15) is 22.7 Å². The molecule has 0 aliphatic heterocycles.